The number of ether oxygens (including phenoxy) is 3. The molecule has 0 N–H and O–H groups in total. The van der Waals surface area contributed by atoms with Crippen molar-refractivity contribution in [1.82, 2.24) is 4.98 Å². The summed E-state index contributed by atoms with van der Waals surface area (Å²) in [4.78, 5) is 27.9. The zero-order chi connectivity index (χ0) is 24.4. The summed E-state index contributed by atoms with van der Waals surface area (Å²) < 4.78 is 16.9. The van der Waals surface area contributed by atoms with Crippen LogP contribution in [0.25, 0.3) is 6.08 Å². The van der Waals surface area contributed by atoms with Crippen molar-refractivity contribution in [3.63, 3.8) is 0 Å². The lowest BCUT2D eigenvalue weighted by molar-refractivity contribution is -0.143. The van der Waals surface area contributed by atoms with E-state index in [2.05, 4.69) is 11.9 Å². The van der Waals surface area contributed by atoms with E-state index < -0.39 is 0 Å². The molecule has 34 heavy (non-hydrogen) atoms. The van der Waals surface area contributed by atoms with E-state index in [1.165, 1.54) is 0 Å². The lowest BCUT2D eigenvalue weighted by atomic mass is 10.1. The second-order valence-electron chi connectivity index (χ2n) is 8.05. The summed E-state index contributed by atoms with van der Waals surface area (Å²) in [5, 5.41) is 0. The summed E-state index contributed by atoms with van der Waals surface area (Å²) in [6.07, 6.45) is 11.4. The molecule has 0 bridgehead atoms. The molecule has 0 aliphatic rings. The number of unbranched alkanes of at least 4 members (excludes halogenated alkanes) is 4. The largest absolute Gasteiger partial charge is 0.490 e. The van der Waals surface area contributed by atoms with Gasteiger partial charge in [-0.1, -0.05) is 50.1 Å². The number of ketones is 1. The molecule has 0 radical (unpaired) electrons. The van der Waals surface area contributed by atoms with Crippen molar-refractivity contribution in [2.45, 2.75) is 71.8 Å². The number of nitrogens with zero attached hydrogens (tertiary/aromatic N) is 1. The molecule has 2 aromatic rings. The lowest BCUT2D eigenvalue weighted by Gasteiger charge is -2.13. The predicted octanol–water partition coefficient (Wildman–Crippen LogP) is 6.33. The molecule has 6 heteroatoms. The van der Waals surface area contributed by atoms with E-state index in [-0.39, 0.29) is 11.8 Å². The Morgan fingerprint density at radius 1 is 0.912 bits per heavy atom. The number of pyridine rings is 1. The Bertz CT molecular complexity index is 895. The number of carbonyl (C=O) groups is 2. The summed E-state index contributed by atoms with van der Waals surface area (Å²) in [7, 11) is 0. The highest BCUT2D eigenvalue weighted by Crippen LogP contribution is 2.28. The third-order valence-corrected chi connectivity index (χ3v) is 5.14. The van der Waals surface area contributed by atoms with E-state index in [1.807, 2.05) is 37.3 Å². The van der Waals surface area contributed by atoms with Crippen LogP contribution in [0, 0.1) is 0 Å². The highest BCUT2D eigenvalue weighted by atomic mass is 16.5. The number of hydrogen-bond acceptors (Lipinski definition) is 6. The maximum Gasteiger partial charge on any atom is 0.305 e. The third kappa shape index (κ3) is 11.1. The van der Waals surface area contributed by atoms with E-state index in [4.69, 9.17) is 14.2 Å². The molecule has 0 amide bonds. The minimum atomic E-state index is -0.158. The van der Waals surface area contributed by atoms with Gasteiger partial charge in [0.1, 0.15) is 6.61 Å². The Hall–Kier alpha value is -3.15. The standard InChI is InChI=1S/C28H37NO5/c1-3-5-8-15-25(30)18-17-24-20-26(33-19-12-7-11-16-28(31)32-4-2)27(21-29-24)34-22-23-13-9-6-10-14-23/h6,9-10,13-14,17-18,20-21H,3-5,7-8,11-12,15-16,19,22H2,1-2H3/b18-17+. The van der Waals surface area contributed by atoms with Gasteiger partial charge in [0, 0.05) is 18.9 Å². The van der Waals surface area contributed by atoms with Gasteiger partial charge in [-0.05, 0) is 50.3 Å². The predicted molar refractivity (Wildman–Crippen MR) is 134 cm³/mol. The molecule has 0 fully saturated rings. The van der Waals surface area contributed by atoms with Crippen molar-refractivity contribution in [2.75, 3.05) is 13.2 Å². The maximum absolute atomic E-state index is 12.1. The topological polar surface area (TPSA) is 74.7 Å². The smallest absolute Gasteiger partial charge is 0.305 e. The van der Waals surface area contributed by atoms with Gasteiger partial charge in [-0.2, -0.15) is 0 Å². The second-order valence-corrected chi connectivity index (χ2v) is 8.05. The molecule has 6 nitrogen and oxygen atoms in total. The Balaban J connectivity index is 1.95. The first-order chi connectivity index (χ1) is 16.6. The van der Waals surface area contributed by atoms with Crippen molar-refractivity contribution < 1.29 is 23.8 Å². The number of allylic oxidation sites excluding steroid dienone is 1. The van der Waals surface area contributed by atoms with Crippen LogP contribution >= 0.6 is 0 Å². The first-order valence-electron chi connectivity index (χ1n) is 12.3. The zero-order valence-electron chi connectivity index (χ0n) is 20.5. The summed E-state index contributed by atoms with van der Waals surface area (Å²) in [5.41, 5.74) is 1.70. The highest BCUT2D eigenvalue weighted by molar-refractivity contribution is 5.93. The summed E-state index contributed by atoms with van der Waals surface area (Å²) in [5.74, 6) is 1.09. The molecule has 184 valence electrons. The molecule has 0 saturated carbocycles. The van der Waals surface area contributed by atoms with Crippen LogP contribution in [0.1, 0.15) is 76.5 Å². The highest BCUT2D eigenvalue weighted by Gasteiger charge is 2.09. The van der Waals surface area contributed by atoms with E-state index in [0.717, 1.165) is 44.1 Å². The minimum absolute atomic E-state index is 0.101. The van der Waals surface area contributed by atoms with Crippen LogP contribution in [-0.2, 0) is 20.9 Å². The van der Waals surface area contributed by atoms with Crippen LogP contribution in [-0.4, -0.2) is 30.0 Å². The van der Waals surface area contributed by atoms with Gasteiger partial charge in [-0.25, -0.2) is 0 Å². The molecule has 0 aliphatic heterocycles. The number of rotatable bonds is 17. The third-order valence-electron chi connectivity index (χ3n) is 5.14. The molecular formula is C28H37NO5. The number of esters is 1. The van der Waals surface area contributed by atoms with E-state index in [9.17, 15) is 9.59 Å². The average molecular weight is 468 g/mol. The van der Waals surface area contributed by atoms with Crippen molar-refractivity contribution in [3.8, 4) is 11.5 Å². The Morgan fingerprint density at radius 2 is 1.71 bits per heavy atom. The maximum atomic E-state index is 12.1. The van der Waals surface area contributed by atoms with Crippen molar-refractivity contribution in [1.29, 1.82) is 0 Å². The van der Waals surface area contributed by atoms with Crippen LogP contribution in [0.15, 0.2) is 48.7 Å². The van der Waals surface area contributed by atoms with Crippen molar-refractivity contribution in [2.24, 2.45) is 0 Å². The fraction of sp³-hybridized carbons (Fsp3) is 0.464. The van der Waals surface area contributed by atoms with Gasteiger partial charge >= 0.3 is 5.97 Å². The fourth-order valence-corrected chi connectivity index (χ4v) is 3.26. The summed E-state index contributed by atoms with van der Waals surface area (Å²) in [6, 6.07) is 11.7. The number of hydrogen-bond donors (Lipinski definition) is 0. The Morgan fingerprint density at radius 3 is 2.47 bits per heavy atom. The van der Waals surface area contributed by atoms with E-state index >= 15 is 0 Å². The second kappa shape index (κ2) is 16.5. The number of benzene rings is 1. The zero-order valence-corrected chi connectivity index (χ0v) is 20.5. The molecule has 0 unspecified atom stereocenters. The molecule has 1 aromatic heterocycles. The minimum Gasteiger partial charge on any atom is -0.490 e. The molecule has 1 aromatic carbocycles. The van der Waals surface area contributed by atoms with E-state index in [0.29, 0.717) is 49.9 Å². The summed E-state index contributed by atoms with van der Waals surface area (Å²) in [6.45, 7) is 5.24. The van der Waals surface area contributed by atoms with Gasteiger partial charge in [0.15, 0.2) is 17.3 Å². The molecular weight excluding hydrogens is 430 g/mol. The first-order valence-corrected chi connectivity index (χ1v) is 12.3. The number of aromatic nitrogens is 1. The molecule has 0 spiro atoms. The van der Waals surface area contributed by atoms with Crippen LogP contribution in [0.5, 0.6) is 11.5 Å². The Kier molecular flexibility index (Phi) is 13.1. The fourth-order valence-electron chi connectivity index (χ4n) is 3.26. The normalized spacial score (nSPS) is 10.9. The molecule has 0 atom stereocenters. The SMILES string of the molecule is CCCCCC(=O)/C=C/c1cc(OCCCCCC(=O)OCC)c(OCc2ccccc2)cn1. The summed E-state index contributed by atoms with van der Waals surface area (Å²) >= 11 is 0. The monoisotopic (exact) mass is 467 g/mol. The van der Waals surface area contributed by atoms with Crippen LogP contribution in [0.3, 0.4) is 0 Å². The average Bonchev–Trinajstić information content (AvgIpc) is 2.85. The van der Waals surface area contributed by atoms with Gasteiger partial charge in [-0.15, -0.1) is 0 Å². The first kappa shape index (κ1) is 27.1. The molecule has 1 heterocycles. The van der Waals surface area contributed by atoms with Crippen molar-refractivity contribution in [3.05, 3.63) is 59.9 Å². The lowest BCUT2D eigenvalue weighted by Crippen LogP contribution is -2.05. The van der Waals surface area contributed by atoms with Gasteiger partial charge in [0.25, 0.3) is 0 Å². The van der Waals surface area contributed by atoms with Crippen molar-refractivity contribution >= 4 is 17.8 Å². The van der Waals surface area contributed by atoms with Crippen LogP contribution in [0.4, 0.5) is 0 Å². The van der Waals surface area contributed by atoms with E-state index in [1.54, 1.807) is 24.4 Å². The van der Waals surface area contributed by atoms with Gasteiger partial charge in [-0.3, -0.25) is 14.6 Å². The van der Waals surface area contributed by atoms with Crippen LogP contribution in [0.2, 0.25) is 0 Å². The van der Waals surface area contributed by atoms with Gasteiger partial charge < -0.3 is 14.2 Å². The molecule has 0 aliphatic carbocycles. The van der Waals surface area contributed by atoms with Gasteiger partial charge in [0.05, 0.1) is 25.1 Å². The van der Waals surface area contributed by atoms with Crippen LogP contribution < -0.4 is 9.47 Å². The number of carbonyl (C=O) groups excluding carboxylic acids is 2. The Labute approximate surface area is 203 Å². The van der Waals surface area contributed by atoms with Gasteiger partial charge in [0.2, 0.25) is 0 Å². The molecule has 0 saturated heterocycles. The molecule has 2 rings (SSSR count). The quantitative estimate of drug-likeness (QED) is 0.154.